The van der Waals surface area contributed by atoms with Gasteiger partial charge in [0, 0.05) is 16.1 Å². The predicted octanol–water partition coefficient (Wildman–Crippen LogP) is 5.35. The molecule has 0 saturated carbocycles. The fourth-order valence-corrected chi connectivity index (χ4v) is 4.88. The third-order valence-electron chi connectivity index (χ3n) is 4.84. The van der Waals surface area contributed by atoms with E-state index >= 15 is 0 Å². The van der Waals surface area contributed by atoms with Gasteiger partial charge in [-0.3, -0.25) is 0 Å². The summed E-state index contributed by atoms with van der Waals surface area (Å²) in [6.07, 6.45) is 10.7. The maximum absolute atomic E-state index is 2.39. The van der Waals surface area contributed by atoms with Crippen LogP contribution in [0.1, 0.15) is 38.7 Å². The molecule has 100 valence electrons. The quantitative estimate of drug-likeness (QED) is 0.698. The highest BCUT2D eigenvalue weighted by atomic mass is 32.2. The molecule has 0 aromatic heterocycles. The summed E-state index contributed by atoms with van der Waals surface area (Å²) in [7, 11) is 0. The van der Waals surface area contributed by atoms with Crippen molar-refractivity contribution in [2.45, 2.75) is 43.4 Å². The average Bonchev–Trinajstić information content (AvgIpc) is 2.47. The number of rotatable bonds is 2. The highest BCUT2D eigenvalue weighted by Gasteiger charge is 2.37. The number of allylic oxidation sites excluding steroid dienone is 4. The van der Waals surface area contributed by atoms with Gasteiger partial charge in [-0.2, -0.15) is 0 Å². The molecule has 1 unspecified atom stereocenters. The van der Waals surface area contributed by atoms with Gasteiger partial charge >= 0.3 is 0 Å². The van der Waals surface area contributed by atoms with Crippen LogP contribution in [0.4, 0.5) is 0 Å². The Labute approximate surface area is 121 Å². The zero-order valence-corrected chi connectivity index (χ0v) is 12.7. The smallest absolute Gasteiger partial charge is 0.0171 e. The third kappa shape index (κ3) is 2.08. The molecule has 0 saturated heterocycles. The zero-order chi connectivity index (χ0) is 13.3. The van der Waals surface area contributed by atoms with Crippen LogP contribution < -0.4 is 0 Å². The Morgan fingerprint density at radius 2 is 2.00 bits per heavy atom. The van der Waals surface area contributed by atoms with Crippen LogP contribution >= 0.6 is 11.8 Å². The first-order valence-corrected chi connectivity index (χ1v) is 8.39. The molecule has 1 aliphatic heterocycles. The van der Waals surface area contributed by atoms with E-state index in [2.05, 4.69) is 56.3 Å². The molecular formula is C18H22S. The van der Waals surface area contributed by atoms with Crippen molar-refractivity contribution >= 4 is 11.8 Å². The van der Waals surface area contributed by atoms with Crippen LogP contribution in [0.5, 0.6) is 0 Å². The van der Waals surface area contributed by atoms with Gasteiger partial charge in [-0.05, 0) is 36.8 Å². The summed E-state index contributed by atoms with van der Waals surface area (Å²) >= 11 is 2.05. The van der Waals surface area contributed by atoms with Gasteiger partial charge in [0.25, 0.3) is 0 Å². The molecule has 19 heavy (non-hydrogen) atoms. The molecule has 1 heterocycles. The van der Waals surface area contributed by atoms with Crippen LogP contribution in [0.15, 0.2) is 53.0 Å². The number of thioether (sulfide) groups is 1. The van der Waals surface area contributed by atoms with Crippen LogP contribution in [0.3, 0.4) is 0 Å². The van der Waals surface area contributed by atoms with E-state index in [-0.39, 0.29) is 5.41 Å². The summed E-state index contributed by atoms with van der Waals surface area (Å²) in [6, 6.07) is 9.06. The predicted molar refractivity (Wildman–Crippen MR) is 84.8 cm³/mol. The standard InChI is InChI=1S/C18H22S/c1-3-18(4-2)15-9-7-8-14(12-15)13-19-17-11-6-5-10-16(17)18/h5-11,14H,3-4,12-13H2,1-2H3. The maximum atomic E-state index is 2.39. The second kappa shape index (κ2) is 5.20. The summed E-state index contributed by atoms with van der Waals surface area (Å²) in [5.41, 5.74) is 3.47. The molecule has 2 aliphatic rings. The summed E-state index contributed by atoms with van der Waals surface area (Å²) in [4.78, 5) is 1.50. The second-order valence-corrected chi connectivity index (χ2v) is 6.70. The van der Waals surface area contributed by atoms with E-state index in [1.165, 1.54) is 29.9 Å². The van der Waals surface area contributed by atoms with E-state index in [1.807, 2.05) is 11.8 Å². The van der Waals surface area contributed by atoms with Crippen molar-refractivity contribution in [1.29, 1.82) is 0 Å². The first-order chi connectivity index (χ1) is 9.30. The van der Waals surface area contributed by atoms with E-state index in [4.69, 9.17) is 0 Å². The van der Waals surface area contributed by atoms with Gasteiger partial charge in [-0.25, -0.2) is 0 Å². The van der Waals surface area contributed by atoms with E-state index in [0.717, 1.165) is 5.92 Å². The number of hydrogen-bond acceptors (Lipinski definition) is 1. The molecule has 2 bridgehead atoms. The number of hydrogen-bond donors (Lipinski definition) is 0. The van der Waals surface area contributed by atoms with Crippen LogP contribution in [0.2, 0.25) is 0 Å². The molecule has 1 aliphatic carbocycles. The first kappa shape index (κ1) is 13.1. The van der Waals surface area contributed by atoms with Crippen molar-refractivity contribution in [3.63, 3.8) is 0 Å². The van der Waals surface area contributed by atoms with E-state index in [0.29, 0.717) is 0 Å². The lowest BCUT2D eigenvalue weighted by Gasteiger charge is -2.40. The van der Waals surface area contributed by atoms with E-state index < -0.39 is 0 Å². The van der Waals surface area contributed by atoms with Gasteiger partial charge < -0.3 is 0 Å². The minimum Gasteiger partial charge on any atom is -0.125 e. The summed E-state index contributed by atoms with van der Waals surface area (Å²) < 4.78 is 0. The Kier molecular flexibility index (Phi) is 3.58. The zero-order valence-electron chi connectivity index (χ0n) is 11.9. The van der Waals surface area contributed by atoms with Gasteiger partial charge in [-0.1, -0.05) is 55.8 Å². The van der Waals surface area contributed by atoms with Gasteiger partial charge in [-0.15, -0.1) is 11.8 Å². The third-order valence-corrected chi connectivity index (χ3v) is 6.10. The minimum absolute atomic E-state index is 0.257. The molecule has 0 fully saturated rings. The Balaban J connectivity index is 2.21. The Morgan fingerprint density at radius 3 is 2.79 bits per heavy atom. The molecule has 3 rings (SSSR count). The molecule has 1 aromatic carbocycles. The van der Waals surface area contributed by atoms with E-state index in [9.17, 15) is 0 Å². The van der Waals surface area contributed by atoms with Gasteiger partial charge in [0.05, 0.1) is 0 Å². The summed E-state index contributed by atoms with van der Waals surface area (Å²) in [5, 5.41) is 0. The normalized spacial score (nSPS) is 24.1. The molecule has 0 amide bonds. The van der Waals surface area contributed by atoms with Gasteiger partial charge in [0.2, 0.25) is 0 Å². The number of fused-ring (bicyclic) bond motifs is 3. The van der Waals surface area contributed by atoms with Crippen molar-refractivity contribution in [2.75, 3.05) is 5.75 Å². The van der Waals surface area contributed by atoms with Gasteiger partial charge in [0.15, 0.2) is 0 Å². The fourth-order valence-electron chi connectivity index (χ4n) is 3.66. The Hall–Kier alpha value is -0.950. The van der Waals surface area contributed by atoms with E-state index in [1.54, 1.807) is 11.1 Å². The molecule has 0 N–H and O–H groups in total. The Bertz CT molecular complexity index is 520. The van der Waals surface area contributed by atoms with Crippen molar-refractivity contribution in [3.8, 4) is 0 Å². The van der Waals surface area contributed by atoms with Crippen molar-refractivity contribution in [1.82, 2.24) is 0 Å². The largest absolute Gasteiger partial charge is 0.125 e. The lowest BCUT2D eigenvalue weighted by molar-refractivity contribution is 0.428. The monoisotopic (exact) mass is 270 g/mol. The lowest BCUT2D eigenvalue weighted by Crippen LogP contribution is -2.31. The topological polar surface area (TPSA) is 0 Å². The van der Waals surface area contributed by atoms with Gasteiger partial charge in [0.1, 0.15) is 0 Å². The maximum Gasteiger partial charge on any atom is 0.0171 e. The summed E-state index contributed by atoms with van der Waals surface area (Å²) in [6.45, 7) is 4.70. The highest BCUT2D eigenvalue weighted by molar-refractivity contribution is 7.99. The van der Waals surface area contributed by atoms with Crippen LogP contribution in [0.25, 0.3) is 0 Å². The average molecular weight is 270 g/mol. The molecule has 0 radical (unpaired) electrons. The van der Waals surface area contributed by atoms with Crippen LogP contribution in [-0.2, 0) is 5.41 Å². The number of benzene rings is 1. The van der Waals surface area contributed by atoms with Crippen molar-refractivity contribution in [3.05, 3.63) is 53.6 Å². The highest BCUT2D eigenvalue weighted by Crippen LogP contribution is 2.48. The van der Waals surface area contributed by atoms with Crippen molar-refractivity contribution in [2.24, 2.45) is 5.92 Å². The molecule has 0 nitrogen and oxygen atoms in total. The molecular weight excluding hydrogens is 248 g/mol. The molecule has 1 aromatic rings. The molecule has 0 spiro atoms. The fraction of sp³-hybridized carbons (Fsp3) is 0.444. The Morgan fingerprint density at radius 1 is 1.21 bits per heavy atom. The lowest BCUT2D eigenvalue weighted by atomic mass is 9.67. The second-order valence-electron chi connectivity index (χ2n) is 5.64. The molecule has 1 heteroatoms. The molecule has 1 atom stereocenters. The van der Waals surface area contributed by atoms with Crippen molar-refractivity contribution < 1.29 is 0 Å². The summed E-state index contributed by atoms with van der Waals surface area (Å²) in [5.74, 6) is 1.93. The van der Waals surface area contributed by atoms with Crippen LogP contribution in [-0.4, -0.2) is 5.75 Å². The minimum atomic E-state index is 0.257. The first-order valence-electron chi connectivity index (χ1n) is 7.40. The van der Waals surface area contributed by atoms with Crippen LogP contribution in [0, 0.1) is 5.92 Å². The SMILES string of the molecule is CCC1(CC)C2=CC=CC(CSc3ccccc31)C2.